The first kappa shape index (κ1) is 19.6. The Morgan fingerprint density at radius 3 is 2.87 bits per heavy atom. The maximum Gasteiger partial charge on any atom is 0.337 e. The number of carbonyl (C=O) groups is 1. The monoisotopic (exact) mass is 415 g/mol. The fraction of sp³-hybridized carbons (Fsp3) is 0.280. The Hall–Kier alpha value is -3.38. The normalized spacial score (nSPS) is 16.3. The van der Waals surface area contributed by atoms with Crippen molar-refractivity contribution in [2.45, 2.75) is 18.9 Å². The van der Waals surface area contributed by atoms with Gasteiger partial charge in [-0.05, 0) is 55.3 Å². The summed E-state index contributed by atoms with van der Waals surface area (Å²) in [7, 11) is 3.15. The number of nitrogens with one attached hydrogen (secondary N) is 1. The van der Waals surface area contributed by atoms with Gasteiger partial charge in [-0.3, -0.25) is 0 Å². The highest BCUT2D eigenvalue weighted by molar-refractivity contribution is 5.97. The third-order valence-corrected chi connectivity index (χ3v) is 6.09. The molecule has 1 aliphatic heterocycles. The van der Waals surface area contributed by atoms with E-state index in [0.29, 0.717) is 18.2 Å². The number of anilines is 1. The summed E-state index contributed by atoms with van der Waals surface area (Å²) in [6.07, 6.45) is 4.15. The number of hydrogen-bond donors (Lipinski definition) is 1. The summed E-state index contributed by atoms with van der Waals surface area (Å²) in [5.41, 5.74) is 5.58. The van der Waals surface area contributed by atoms with Crippen LogP contribution in [0.15, 0.2) is 54.7 Å². The molecule has 1 aliphatic rings. The molecule has 158 valence electrons. The minimum atomic E-state index is -0.344. The average Bonchev–Trinajstić information content (AvgIpc) is 3.46. The lowest BCUT2D eigenvalue weighted by molar-refractivity contribution is 0.0601. The smallest absolute Gasteiger partial charge is 0.337 e. The lowest BCUT2D eigenvalue weighted by atomic mass is 10.0. The van der Waals surface area contributed by atoms with E-state index in [1.54, 1.807) is 13.2 Å². The van der Waals surface area contributed by atoms with Gasteiger partial charge in [0.05, 0.1) is 42.2 Å². The molecule has 2 aromatic carbocycles. The number of nitrogens with zero attached hydrogens (tertiary/aromatic N) is 2. The van der Waals surface area contributed by atoms with Gasteiger partial charge in [-0.2, -0.15) is 0 Å². The highest BCUT2D eigenvalue weighted by Crippen LogP contribution is 2.37. The van der Waals surface area contributed by atoms with Crippen molar-refractivity contribution in [3.8, 4) is 11.3 Å². The van der Waals surface area contributed by atoms with Gasteiger partial charge in [0.1, 0.15) is 0 Å². The van der Waals surface area contributed by atoms with Gasteiger partial charge in [0.15, 0.2) is 0 Å². The van der Waals surface area contributed by atoms with E-state index < -0.39 is 0 Å². The van der Waals surface area contributed by atoms with Crippen LogP contribution < -0.4 is 4.90 Å². The van der Waals surface area contributed by atoms with Gasteiger partial charge in [-0.25, -0.2) is 9.78 Å². The van der Waals surface area contributed by atoms with Crippen LogP contribution in [0.25, 0.3) is 33.1 Å². The number of ether oxygens (including phenoxy) is 2. The van der Waals surface area contributed by atoms with Gasteiger partial charge in [-0.15, -0.1) is 0 Å². The zero-order chi connectivity index (χ0) is 21.4. The molecule has 0 amide bonds. The number of rotatable bonds is 5. The summed E-state index contributed by atoms with van der Waals surface area (Å²) >= 11 is 0. The molecule has 31 heavy (non-hydrogen) atoms. The molecule has 0 radical (unpaired) electrons. The van der Waals surface area contributed by atoms with Crippen molar-refractivity contribution < 1.29 is 14.3 Å². The van der Waals surface area contributed by atoms with E-state index in [2.05, 4.69) is 40.2 Å². The maximum atomic E-state index is 12.1. The highest BCUT2D eigenvalue weighted by Gasteiger charge is 2.28. The molecule has 0 bridgehead atoms. The van der Waals surface area contributed by atoms with Gasteiger partial charge >= 0.3 is 5.97 Å². The summed E-state index contributed by atoms with van der Waals surface area (Å²) in [5, 5.41) is 2.08. The Morgan fingerprint density at radius 1 is 1.13 bits per heavy atom. The summed E-state index contributed by atoms with van der Waals surface area (Å²) in [4.78, 5) is 22.8. The maximum absolute atomic E-state index is 12.1. The van der Waals surface area contributed by atoms with Gasteiger partial charge in [0, 0.05) is 41.7 Å². The van der Waals surface area contributed by atoms with Crippen LogP contribution in [0, 0.1) is 0 Å². The largest absolute Gasteiger partial charge is 0.465 e. The van der Waals surface area contributed by atoms with Gasteiger partial charge < -0.3 is 19.4 Å². The molecule has 6 nitrogen and oxygen atoms in total. The molecule has 0 aliphatic carbocycles. The first-order valence-corrected chi connectivity index (χ1v) is 10.5. The number of carbonyl (C=O) groups excluding carboxylic acids is 1. The molecule has 1 N–H and O–H groups in total. The second-order valence-corrected chi connectivity index (χ2v) is 7.98. The molecule has 4 aromatic rings. The van der Waals surface area contributed by atoms with E-state index in [1.165, 1.54) is 7.11 Å². The van der Waals surface area contributed by atoms with E-state index in [4.69, 9.17) is 14.5 Å². The third kappa shape index (κ3) is 3.53. The summed E-state index contributed by atoms with van der Waals surface area (Å²) in [6, 6.07) is 16.4. The van der Waals surface area contributed by atoms with E-state index in [0.717, 1.165) is 58.1 Å². The predicted molar refractivity (Wildman–Crippen MR) is 123 cm³/mol. The van der Waals surface area contributed by atoms with Crippen molar-refractivity contribution in [3.63, 3.8) is 0 Å². The van der Waals surface area contributed by atoms with E-state index in [-0.39, 0.29) is 5.97 Å². The number of aromatic nitrogens is 2. The highest BCUT2D eigenvalue weighted by atomic mass is 16.5. The first-order chi connectivity index (χ1) is 15.2. The van der Waals surface area contributed by atoms with Gasteiger partial charge in [-0.1, -0.05) is 6.07 Å². The van der Waals surface area contributed by atoms with Crippen molar-refractivity contribution in [1.82, 2.24) is 9.97 Å². The van der Waals surface area contributed by atoms with Gasteiger partial charge in [0.25, 0.3) is 0 Å². The van der Waals surface area contributed by atoms with E-state index in [1.807, 2.05) is 18.3 Å². The number of hydrogen-bond acceptors (Lipinski definition) is 5. The number of fused-ring (bicyclic) bond motifs is 2. The minimum Gasteiger partial charge on any atom is -0.465 e. The minimum absolute atomic E-state index is 0.308. The quantitative estimate of drug-likeness (QED) is 0.475. The Balaban J connectivity index is 1.70. The predicted octanol–water partition coefficient (Wildman–Crippen LogP) is 4.78. The van der Waals surface area contributed by atoms with Crippen molar-refractivity contribution in [3.05, 3.63) is 60.3 Å². The van der Waals surface area contributed by atoms with Crippen LogP contribution in [0.5, 0.6) is 0 Å². The van der Waals surface area contributed by atoms with Crippen molar-refractivity contribution in [1.29, 1.82) is 0 Å². The van der Waals surface area contributed by atoms with Crippen molar-refractivity contribution in [2.24, 2.45) is 0 Å². The topological polar surface area (TPSA) is 67.4 Å². The van der Waals surface area contributed by atoms with E-state index >= 15 is 0 Å². The van der Waals surface area contributed by atoms with Crippen LogP contribution in [0.1, 0.15) is 23.2 Å². The molecule has 1 saturated heterocycles. The molecule has 2 aromatic heterocycles. The third-order valence-electron chi connectivity index (χ3n) is 6.09. The molecular weight excluding hydrogens is 390 g/mol. The van der Waals surface area contributed by atoms with Crippen LogP contribution in [0.4, 0.5) is 5.69 Å². The second-order valence-electron chi connectivity index (χ2n) is 7.98. The zero-order valence-electron chi connectivity index (χ0n) is 17.7. The van der Waals surface area contributed by atoms with Crippen LogP contribution in [-0.2, 0) is 9.47 Å². The number of pyridine rings is 1. The lowest BCUT2D eigenvalue weighted by Gasteiger charge is -2.28. The Kier molecular flexibility index (Phi) is 5.08. The molecule has 6 heteroatoms. The molecule has 0 spiro atoms. The molecule has 0 saturated carbocycles. The molecule has 5 rings (SSSR count). The fourth-order valence-electron chi connectivity index (χ4n) is 4.56. The second kappa shape index (κ2) is 8.04. The SMILES string of the molecule is COC[C@H]1CCCN1c1cc2cc(C(=O)OC)ccc2nc1-c1ccc2[nH]ccc2c1. The Labute approximate surface area is 180 Å². The first-order valence-electron chi connectivity index (χ1n) is 10.5. The molecule has 0 unspecified atom stereocenters. The molecule has 1 fully saturated rings. The van der Waals surface area contributed by atoms with E-state index in [9.17, 15) is 4.79 Å². The van der Waals surface area contributed by atoms with Crippen molar-refractivity contribution >= 4 is 33.5 Å². The fourth-order valence-corrected chi connectivity index (χ4v) is 4.56. The van der Waals surface area contributed by atoms with Crippen LogP contribution in [0.3, 0.4) is 0 Å². The zero-order valence-corrected chi connectivity index (χ0v) is 17.7. The number of benzene rings is 2. The number of H-pyrrole nitrogens is 1. The Bertz CT molecular complexity index is 1260. The standard InChI is InChI=1S/C25H25N3O3/c1-30-15-20-4-3-11-28(20)23-14-19-13-18(25(29)31-2)6-8-22(19)27-24(23)17-5-7-21-16(12-17)9-10-26-21/h5-10,12-14,20,26H,3-4,11,15H2,1-2H3/t20-/m1/s1. The summed E-state index contributed by atoms with van der Waals surface area (Å²) < 4.78 is 10.4. The molecule has 1 atom stereocenters. The summed E-state index contributed by atoms with van der Waals surface area (Å²) in [5.74, 6) is -0.344. The number of methoxy groups -OCH3 is 2. The Morgan fingerprint density at radius 2 is 2.03 bits per heavy atom. The van der Waals surface area contributed by atoms with Crippen LogP contribution in [0.2, 0.25) is 0 Å². The van der Waals surface area contributed by atoms with Crippen LogP contribution >= 0.6 is 0 Å². The van der Waals surface area contributed by atoms with Crippen LogP contribution in [-0.4, -0.2) is 49.4 Å². The number of aromatic amines is 1. The lowest BCUT2D eigenvalue weighted by Crippen LogP contribution is -2.33. The van der Waals surface area contributed by atoms with Gasteiger partial charge in [0.2, 0.25) is 0 Å². The average molecular weight is 415 g/mol. The molecule has 3 heterocycles. The molecular formula is C25H25N3O3. The number of esters is 1. The van der Waals surface area contributed by atoms with Crippen molar-refractivity contribution in [2.75, 3.05) is 32.3 Å². The summed E-state index contributed by atoms with van der Waals surface area (Å²) in [6.45, 7) is 1.63.